The van der Waals surface area contributed by atoms with Gasteiger partial charge in [0.1, 0.15) is 22.7 Å². The van der Waals surface area contributed by atoms with E-state index in [1.807, 2.05) is 48.5 Å². The third-order valence-corrected chi connectivity index (χ3v) is 7.87. The Morgan fingerprint density at radius 3 is 2.00 bits per heavy atom. The maximum absolute atomic E-state index is 6.26. The van der Waals surface area contributed by atoms with Crippen LogP contribution in [0.15, 0.2) is 129 Å². The topological polar surface area (TPSA) is 25.6 Å². The molecule has 5 aromatic carbocycles. The molecular weight excluding hydrogens is 566 g/mol. The van der Waals surface area contributed by atoms with Gasteiger partial charge in [0.2, 0.25) is 0 Å². The summed E-state index contributed by atoms with van der Waals surface area (Å²) in [5, 5.41) is 2.06. The molecule has 0 aliphatic carbocycles. The summed E-state index contributed by atoms with van der Waals surface area (Å²) in [5.74, 6) is 1.49. The van der Waals surface area contributed by atoms with Crippen LogP contribution in [0.3, 0.4) is 0 Å². The van der Waals surface area contributed by atoms with Crippen molar-refractivity contribution in [3.05, 3.63) is 124 Å². The average Bonchev–Trinajstić information content (AvgIpc) is 3.25. The van der Waals surface area contributed by atoms with E-state index in [1.165, 1.54) is 0 Å². The molecule has 0 N–H and O–H groups in total. The molecule has 0 unspecified atom stereocenters. The second-order valence-electron chi connectivity index (χ2n) is 8.10. The van der Waals surface area contributed by atoms with Crippen LogP contribution in [0.25, 0.3) is 21.9 Å². The number of hydrogen-bond acceptors (Lipinski definition) is 3. The van der Waals surface area contributed by atoms with Crippen LogP contribution < -0.4 is 9.64 Å². The average molecular weight is 585 g/mol. The number of fused-ring (bicyclic) bond motifs is 3. The minimum Gasteiger partial charge on any atom is -0.456 e. The molecule has 3 nitrogen and oxygen atoms in total. The largest absolute Gasteiger partial charge is 0.456 e. The van der Waals surface area contributed by atoms with Gasteiger partial charge in [0, 0.05) is 38.4 Å². The Bertz CT molecular complexity index is 1610. The summed E-state index contributed by atoms with van der Waals surface area (Å²) >= 11 is 7.12. The molecule has 0 atom stereocenters. The molecule has 0 saturated heterocycles. The number of benzene rings is 5. The van der Waals surface area contributed by atoms with Crippen LogP contribution in [-0.2, 0) is 0 Å². The van der Waals surface area contributed by atoms with E-state index in [0.717, 1.165) is 59.4 Å². The maximum Gasteiger partial charge on any atom is 0.142 e. The minimum atomic E-state index is 0.746. The number of rotatable bonds is 5. The van der Waals surface area contributed by atoms with Crippen molar-refractivity contribution in [2.75, 3.05) is 4.90 Å². The first-order chi connectivity index (χ1) is 17.2. The zero-order valence-corrected chi connectivity index (χ0v) is 21.7. The highest BCUT2D eigenvalue weighted by Gasteiger charge is 2.15. The molecule has 1 heterocycles. The van der Waals surface area contributed by atoms with Crippen LogP contribution in [0.1, 0.15) is 0 Å². The molecular formula is C30H19Br2NO2. The molecule has 0 aliphatic heterocycles. The smallest absolute Gasteiger partial charge is 0.142 e. The normalized spacial score (nSPS) is 11.1. The number of furan rings is 1. The molecule has 0 spiro atoms. The van der Waals surface area contributed by atoms with Crippen molar-refractivity contribution in [3.63, 3.8) is 0 Å². The summed E-state index contributed by atoms with van der Waals surface area (Å²) in [6, 6.07) is 38.8. The van der Waals surface area contributed by atoms with E-state index in [1.54, 1.807) is 0 Å². The Labute approximate surface area is 219 Å². The van der Waals surface area contributed by atoms with Crippen molar-refractivity contribution < 1.29 is 9.15 Å². The summed E-state index contributed by atoms with van der Waals surface area (Å²) in [6.45, 7) is 0. The van der Waals surface area contributed by atoms with E-state index in [4.69, 9.17) is 9.15 Å². The van der Waals surface area contributed by atoms with Crippen molar-refractivity contribution in [2.24, 2.45) is 0 Å². The van der Waals surface area contributed by atoms with Crippen molar-refractivity contribution >= 4 is 70.9 Å². The second kappa shape index (κ2) is 9.25. The Balaban J connectivity index is 1.43. The van der Waals surface area contributed by atoms with Crippen LogP contribution in [0.4, 0.5) is 17.1 Å². The van der Waals surface area contributed by atoms with Crippen molar-refractivity contribution in [1.82, 2.24) is 0 Å². The van der Waals surface area contributed by atoms with Crippen LogP contribution in [0, 0.1) is 0 Å². The van der Waals surface area contributed by atoms with Crippen LogP contribution in [0.2, 0.25) is 0 Å². The van der Waals surface area contributed by atoms with Gasteiger partial charge in [-0.2, -0.15) is 0 Å². The predicted molar refractivity (Wildman–Crippen MR) is 150 cm³/mol. The molecule has 0 aliphatic rings. The Kier molecular flexibility index (Phi) is 5.80. The van der Waals surface area contributed by atoms with Gasteiger partial charge in [-0.05, 0) is 98.6 Å². The van der Waals surface area contributed by atoms with Crippen LogP contribution >= 0.6 is 31.9 Å². The molecule has 5 heteroatoms. The monoisotopic (exact) mass is 583 g/mol. The molecule has 0 radical (unpaired) electrons. The summed E-state index contributed by atoms with van der Waals surface area (Å²) in [6.07, 6.45) is 0. The summed E-state index contributed by atoms with van der Waals surface area (Å²) in [4.78, 5) is 2.23. The fraction of sp³-hybridized carbons (Fsp3) is 0. The van der Waals surface area contributed by atoms with Crippen molar-refractivity contribution in [3.8, 4) is 11.5 Å². The number of anilines is 3. The lowest BCUT2D eigenvalue weighted by Crippen LogP contribution is -2.09. The van der Waals surface area contributed by atoms with Crippen molar-refractivity contribution in [1.29, 1.82) is 0 Å². The highest BCUT2D eigenvalue weighted by Crippen LogP contribution is 2.40. The highest BCUT2D eigenvalue weighted by molar-refractivity contribution is 9.13. The number of nitrogens with zero attached hydrogens (tertiary/aromatic N) is 1. The van der Waals surface area contributed by atoms with Gasteiger partial charge in [0.05, 0.1) is 4.47 Å². The Hall–Kier alpha value is -3.54. The number of para-hydroxylation sites is 2. The van der Waals surface area contributed by atoms with E-state index in [0.29, 0.717) is 0 Å². The lowest BCUT2D eigenvalue weighted by molar-refractivity contribution is 0.479. The van der Waals surface area contributed by atoms with Gasteiger partial charge in [-0.1, -0.05) is 42.5 Å². The molecule has 6 aromatic rings. The van der Waals surface area contributed by atoms with E-state index < -0.39 is 0 Å². The van der Waals surface area contributed by atoms with E-state index in [-0.39, 0.29) is 0 Å². The molecule has 0 amide bonds. The third-order valence-electron chi connectivity index (χ3n) is 5.86. The first-order valence-corrected chi connectivity index (χ1v) is 12.7. The number of ether oxygens (including phenoxy) is 1. The van der Waals surface area contributed by atoms with E-state index >= 15 is 0 Å². The zero-order valence-electron chi connectivity index (χ0n) is 18.5. The first-order valence-electron chi connectivity index (χ1n) is 11.2. The highest BCUT2D eigenvalue weighted by atomic mass is 79.9. The summed E-state index contributed by atoms with van der Waals surface area (Å²) in [5.41, 5.74) is 4.86. The van der Waals surface area contributed by atoms with Gasteiger partial charge in [0.15, 0.2) is 0 Å². The van der Waals surface area contributed by atoms with E-state index in [2.05, 4.69) is 103 Å². The van der Waals surface area contributed by atoms with Gasteiger partial charge in [0.25, 0.3) is 0 Å². The molecule has 170 valence electrons. The molecule has 35 heavy (non-hydrogen) atoms. The molecule has 0 fully saturated rings. The lowest BCUT2D eigenvalue weighted by atomic mass is 10.1. The van der Waals surface area contributed by atoms with Gasteiger partial charge < -0.3 is 14.1 Å². The molecule has 0 saturated carbocycles. The number of halogens is 2. The number of hydrogen-bond donors (Lipinski definition) is 0. The maximum atomic E-state index is 6.26. The standard InChI is InChI=1S/C30H19Br2NO2/c31-26-12-7-13-28(30(26)32)34-23-15-17-27-25(19-23)24-16-14-22(18-29(24)35-27)33(20-8-3-1-4-9-20)21-10-5-2-6-11-21/h1-19H. The predicted octanol–water partition coefficient (Wildman–Crippen LogP) is 10.4. The van der Waals surface area contributed by atoms with Gasteiger partial charge >= 0.3 is 0 Å². The van der Waals surface area contributed by atoms with Gasteiger partial charge in [-0.25, -0.2) is 0 Å². The fourth-order valence-corrected chi connectivity index (χ4v) is 4.93. The second-order valence-corrected chi connectivity index (χ2v) is 9.75. The van der Waals surface area contributed by atoms with Crippen LogP contribution in [-0.4, -0.2) is 0 Å². The summed E-state index contributed by atoms with van der Waals surface area (Å²) < 4.78 is 14.3. The van der Waals surface area contributed by atoms with Crippen LogP contribution in [0.5, 0.6) is 11.5 Å². The fourth-order valence-electron chi connectivity index (χ4n) is 4.24. The van der Waals surface area contributed by atoms with E-state index in [9.17, 15) is 0 Å². The zero-order chi connectivity index (χ0) is 23.8. The lowest BCUT2D eigenvalue weighted by Gasteiger charge is -2.25. The molecule has 0 bridgehead atoms. The Morgan fingerprint density at radius 2 is 1.29 bits per heavy atom. The molecule has 1 aromatic heterocycles. The van der Waals surface area contributed by atoms with Gasteiger partial charge in [-0.3, -0.25) is 0 Å². The SMILES string of the molecule is Brc1cccc(Oc2ccc3oc4cc(N(c5ccccc5)c5ccccc5)ccc4c3c2)c1Br. The van der Waals surface area contributed by atoms with Crippen molar-refractivity contribution in [2.45, 2.75) is 0 Å². The molecule has 6 rings (SSSR count). The van der Waals surface area contributed by atoms with Gasteiger partial charge in [-0.15, -0.1) is 0 Å². The summed E-state index contributed by atoms with van der Waals surface area (Å²) in [7, 11) is 0. The quantitative estimate of drug-likeness (QED) is 0.201. The third kappa shape index (κ3) is 4.22. The first kappa shape index (κ1) is 22.0. The minimum absolute atomic E-state index is 0.746. The Morgan fingerprint density at radius 1 is 0.571 bits per heavy atom.